The second kappa shape index (κ2) is 6.78. The number of pyridine rings is 1. The highest BCUT2D eigenvalue weighted by Gasteiger charge is 2.26. The molecule has 2 aromatic rings. The zero-order valence-corrected chi connectivity index (χ0v) is 13.1. The Bertz CT molecular complexity index is 719. The Labute approximate surface area is 134 Å². The van der Waals surface area contributed by atoms with Gasteiger partial charge in [-0.1, -0.05) is 13.0 Å². The minimum atomic E-state index is -0.253. The van der Waals surface area contributed by atoms with Crippen LogP contribution in [0.2, 0.25) is 0 Å². The predicted molar refractivity (Wildman–Crippen MR) is 84.5 cm³/mol. The number of amides is 2. The van der Waals surface area contributed by atoms with E-state index in [1.165, 1.54) is 0 Å². The quantitative estimate of drug-likeness (QED) is 0.911. The molecule has 0 saturated carbocycles. The van der Waals surface area contributed by atoms with Gasteiger partial charge < -0.3 is 15.0 Å². The summed E-state index contributed by atoms with van der Waals surface area (Å²) in [6, 6.07) is 5.44. The molecule has 1 saturated heterocycles. The Morgan fingerprint density at radius 3 is 2.83 bits per heavy atom. The molecule has 3 rings (SSSR count). The Kier molecular flexibility index (Phi) is 4.57. The number of morpholine rings is 1. The number of hydrogen-bond acceptors (Lipinski definition) is 4. The zero-order chi connectivity index (χ0) is 16.2. The summed E-state index contributed by atoms with van der Waals surface area (Å²) in [6.07, 6.45) is 2.60. The molecule has 23 heavy (non-hydrogen) atoms. The molecule has 2 amide bonds. The van der Waals surface area contributed by atoms with Crippen LogP contribution in [0.1, 0.15) is 34.5 Å². The van der Waals surface area contributed by atoms with E-state index in [1.807, 2.05) is 19.1 Å². The molecule has 1 fully saturated rings. The summed E-state index contributed by atoms with van der Waals surface area (Å²) in [4.78, 5) is 31.1. The van der Waals surface area contributed by atoms with Gasteiger partial charge in [0.05, 0.1) is 18.7 Å². The van der Waals surface area contributed by atoms with Crippen LogP contribution in [0, 0.1) is 0 Å². The Morgan fingerprint density at radius 1 is 1.30 bits per heavy atom. The van der Waals surface area contributed by atoms with Crippen molar-refractivity contribution in [3.05, 3.63) is 35.9 Å². The number of carbonyl (C=O) groups is 2. The van der Waals surface area contributed by atoms with Crippen molar-refractivity contribution in [1.82, 2.24) is 19.6 Å². The lowest BCUT2D eigenvalue weighted by molar-refractivity contribution is 0.0294. The Balaban J connectivity index is 1.97. The highest BCUT2D eigenvalue weighted by molar-refractivity contribution is 6.02. The molecule has 3 heterocycles. The van der Waals surface area contributed by atoms with Crippen molar-refractivity contribution in [3.63, 3.8) is 0 Å². The molecule has 2 aromatic heterocycles. The lowest BCUT2D eigenvalue weighted by Gasteiger charge is -2.26. The van der Waals surface area contributed by atoms with E-state index < -0.39 is 0 Å². The summed E-state index contributed by atoms with van der Waals surface area (Å²) in [6.45, 7) is 4.70. The van der Waals surface area contributed by atoms with E-state index in [1.54, 1.807) is 21.6 Å². The average Bonchev–Trinajstić information content (AvgIpc) is 2.99. The maximum atomic E-state index is 12.7. The highest BCUT2D eigenvalue weighted by Crippen LogP contribution is 2.15. The first-order valence-electron chi connectivity index (χ1n) is 7.84. The first kappa shape index (κ1) is 15.5. The summed E-state index contributed by atoms with van der Waals surface area (Å²) >= 11 is 0. The Morgan fingerprint density at radius 2 is 2.09 bits per heavy atom. The van der Waals surface area contributed by atoms with E-state index in [9.17, 15) is 9.59 Å². The lowest BCUT2D eigenvalue weighted by atomic mass is 10.3. The van der Waals surface area contributed by atoms with Crippen LogP contribution in [-0.4, -0.2) is 58.9 Å². The van der Waals surface area contributed by atoms with Crippen molar-refractivity contribution in [2.75, 3.05) is 32.8 Å². The molecule has 0 bridgehead atoms. The van der Waals surface area contributed by atoms with Gasteiger partial charge in [0.15, 0.2) is 5.69 Å². The van der Waals surface area contributed by atoms with Gasteiger partial charge in [0, 0.05) is 25.8 Å². The molecule has 0 atom stereocenters. The fourth-order valence-corrected chi connectivity index (χ4v) is 2.59. The molecule has 7 heteroatoms. The summed E-state index contributed by atoms with van der Waals surface area (Å²) in [5.41, 5.74) is 0.924. The van der Waals surface area contributed by atoms with Crippen molar-refractivity contribution in [1.29, 1.82) is 0 Å². The molecule has 1 aliphatic rings. The minimum absolute atomic E-state index is 0.177. The summed E-state index contributed by atoms with van der Waals surface area (Å²) in [5, 5.41) is 2.81. The first-order chi connectivity index (χ1) is 11.2. The predicted octanol–water partition coefficient (Wildman–Crippen LogP) is 0.947. The number of ether oxygens (including phenoxy) is 1. The van der Waals surface area contributed by atoms with Gasteiger partial charge in [-0.3, -0.25) is 14.0 Å². The number of fused-ring (bicyclic) bond motifs is 1. The maximum absolute atomic E-state index is 12.7. The normalized spacial score (nSPS) is 14.9. The highest BCUT2D eigenvalue weighted by atomic mass is 16.5. The third-order valence-corrected chi connectivity index (χ3v) is 3.79. The second-order valence-electron chi connectivity index (χ2n) is 5.40. The van der Waals surface area contributed by atoms with E-state index in [4.69, 9.17) is 4.74 Å². The molecule has 1 aliphatic heterocycles. The minimum Gasteiger partial charge on any atom is -0.378 e. The molecular weight excluding hydrogens is 296 g/mol. The van der Waals surface area contributed by atoms with Crippen LogP contribution in [-0.2, 0) is 4.74 Å². The van der Waals surface area contributed by atoms with E-state index in [-0.39, 0.29) is 23.3 Å². The van der Waals surface area contributed by atoms with Gasteiger partial charge in [-0.25, -0.2) is 4.98 Å². The second-order valence-corrected chi connectivity index (χ2v) is 5.40. The average molecular weight is 316 g/mol. The van der Waals surface area contributed by atoms with E-state index >= 15 is 0 Å². The van der Waals surface area contributed by atoms with E-state index in [0.29, 0.717) is 38.4 Å². The number of aromatic nitrogens is 2. The topological polar surface area (TPSA) is 75.9 Å². The SMILES string of the molecule is CCCNC(=O)c1nc(C(=O)N2CCOCC2)n2ccccc12. The van der Waals surface area contributed by atoms with Gasteiger partial charge in [-0.2, -0.15) is 0 Å². The van der Waals surface area contributed by atoms with Gasteiger partial charge in [0.25, 0.3) is 11.8 Å². The van der Waals surface area contributed by atoms with Crippen LogP contribution in [0.15, 0.2) is 24.4 Å². The third kappa shape index (κ3) is 3.05. The van der Waals surface area contributed by atoms with Crippen LogP contribution >= 0.6 is 0 Å². The van der Waals surface area contributed by atoms with Crippen molar-refractivity contribution >= 4 is 17.3 Å². The van der Waals surface area contributed by atoms with Gasteiger partial charge in [0.2, 0.25) is 5.82 Å². The molecule has 122 valence electrons. The van der Waals surface area contributed by atoms with Crippen molar-refractivity contribution in [3.8, 4) is 0 Å². The lowest BCUT2D eigenvalue weighted by Crippen LogP contribution is -2.41. The van der Waals surface area contributed by atoms with Crippen LogP contribution in [0.5, 0.6) is 0 Å². The molecular formula is C16H20N4O3. The first-order valence-corrected chi connectivity index (χ1v) is 7.84. The number of carbonyl (C=O) groups excluding carboxylic acids is 2. The molecule has 7 nitrogen and oxygen atoms in total. The maximum Gasteiger partial charge on any atom is 0.290 e. The van der Waals surface area contributed by atoms with Crippen LogP contribution < -0.4 is 5.32 Å². The number of rotatable bonds is 4. The molecule has 0 radical (unpaired) electrons. The van der Waals surface area contributed by atoms with Crippen molar-refractivity contribution in [2.45, 2.75) is 13.3 Å². The largest absolute Gasteiger partial charge is 0.378 e. The standard InChI is InChI=1S/C16H20N4O3/c1-2-6-17-15(21)13-12-5-3-4-7-20(12)14(18-13)16(22)19-8-10-23-11-9-19/h3-5,7H,2,6,8-11H2,1H3,(H,17,21). The van der Waals surface area contributed by atoms with Gasteiger partial charge in [-0.15, -0.1) is 0 Å². The van der Waals surface area contributed by atoms with E-state index in [2.05, 4.69) is 10.3 Å². The van der Waals surface area contributed by atoms with Crippen LogP contribution in [0.25, 0.3) is 5.52 Å². The summed E-state index contributed by atoms with van der Waals surface area (Å²) in [5.74, 6) is -0.162. The zero-order valence-electron chi connectivity index (χ0n) is 13.1. The molecule has 0 aromatic carbocycles. The van der Waals surface area contributed by atoms with Gasteiger partial charge in [0.1, 0.15) is 0 Å². The van der Waals surface area contributed by atoms with Gasteiger partial charge >= 0.3 is 0 Å². The molecule has 0 unspecified atom stereocenters. The third-order valence-electron chi connectivity index (χ3n) is 3.79. The number of imidazole rings is 1. The number of nitrogens with one attached hydrogen (secondary N) is 1. The van der Waals surface area contributed by atoms with E-state index in [0.717, 1.165) is 6.42 Å². The smallest absolute Gasteiger partial charge is 0.290 e. The number of hydrogen-bond donors (Lipinski definition) is 1. The van der Waals surface area contributed by atoms with Crippen molar-refractivity contribution in [2.24, 2.45) is 0 Å². The molecule has 1 N–H and O–H groups in total. The van der Waals surface area contributed by atoms with Crippen LogP contribution in [0.4, 0.5) is 0 Å². The fraction of sp³-hybridized carbons (Fsp3) is 0.438. The number of nitrogens with zero attached hydrogens (tertiary/aromatic N) is 3. The fourth-order valence-electron chi connectivity index (χ4n) is 2.59. The molecule has 0 aliphatic carbocycles. The molecule has 0 spiro atoms. The monoisotopic (exact) mass is 316 g/mol. The van der Waals surface area contributed by atoms with Crippen molar-refractivity contribution < 1.29 is 14.3 Å². The Hall–Kier alpha value is -2.41. The summed E-state index contributed by atoms with van der Waals surface area (Å²) < 4.78 is 6.95. The van der Waals surface area contributed by atoms with Gasteiger partial charge in [-0.05, 0) is 18.6 Å². The summed E-state index contributed by atoms with van der Waals surface area (Å²) in [7, 11) is 0. The van der Waals surface area contributed by atoms with Crippen LogP contribution in [0.3, 0.4) is 0 Å².